The molecule has 3 aromatic carbocycles. The highest BCUT2D eigenvalue weighted by Crippen LogP contribution is 2.44. The lowest BCUT2D eigenvalue weighted by atomic mass is 9.77. The first-order valence-electron chi connectivity index (χ1n) is 14.6. The Bertz CT molecular complexity index is 1460. The number of anilines is 1. The molecule has 1 N–H and O–H groups in total. The lowest BCUT2D eigenvalue weighted by molar-refractivity contribution is -0.274. The number of likely N-dealkylation sites (tertiary alicyclic amines) is 1. The van der Waals surface area contributed by atoms with Crippen molar-refractivity contribution in [2.24, 2.45) is 5.41 Å². The molecule has 234 valence electrons. The van der Waals surface area contributed by atoms with Crippen LogP contribution >= 0.6 is 0 Å². The Labute approximate surface area is 253 Å². The Kier molecular flexibility index (Phi) is 9.05. The average molecular weight is 613 g/mol. The molecule has 2 aliphatic rings. The predicted octanol–water partition coefficient (Wildman–Crippen LogP) is 6.77. The van der Waals surface area contributed by atoms with Gasteiger partial charge in [-0.25, -0.2) is 4.79 Å². The summed E-state index contributed by atoms with van der Waals surface area (Å²) in [7, 11) is 0. The minimum atomic E-state index is -4.77. The van der Waals surface area contributed by atoms with Gasteiger partial charge >= 0.3 is 12.3 Å². The number of alkyl halides is 3. The van der Waals surface area contributed by atoms with Crippen molar-refractivity contribution in [2.45, 2.75) is 46.0 Å². The van der Waals surface area contributed by atoms with Gasteiger partial charge in [0, 0.05) is 25.2 Å². The predicted molar refractivity (Wildman–Crippen MR) is 158 cm³/mol. The average Bonchev–Trinajstić information content (AvgIpc) is 3.30. The zero-order valence-electron chi connectivity index (χ0n) is 24.7. The third-order valence-corrected chi connectivity index (χ3v) is 8.17. The van der Waals surface area contributed by atoms with Crippen molar-refractivity contribution in [2.75, 3.05) is 37.7 Å². The first-order valence-corrected chi connectivity index (χ1v) is 14.6. The number of hydrogen-bond donors (Lipinski definition) is 1. The first-order chi connectivity index (χ1) is 21.0. The minimum Gasteiger partial charge on any atom is -0.493 e. The number of carboxylic acids is 1. The molecule has 5 rings (SSSR count). The van der Waals surface area contributed by atoms with Crippen LogP contribution in [0.25, 0.3) is 11.1 Å². The summed E-state index contributed by atoms with van der Waals surface area (Å²) in [5, 5.41) is 9.18. The number of benzene rings is 3. The van der Waals surface area contributed by atoms with E-state index in [-0.39, 0.29) is 22.6 Å². The Morgan fingerprint density at radius 2 is 1.52 bits per heavy atom. The molecule has 0 aliphatic carbocycles. The second kappa shape index (κ2) is 12.8. The largest absolute Gasteiger partial charge is 0.573 e. The van der Waals surface area contributed by atoms with Crippen LogP contribution in [0.15, 0.2) is 60.7 Å². The summed E-state index contributed by atoms with van der Waals surface area (Å²) in [6.45, 7) is 7.38. The number of nitrogens with zero attached hydrogens (tertiary/aromatic N) is 2. The SMILES string of the molecule is CCOc1cc(CN2CCC3(CC2)CC(=O)N(c2ccc(C(=O)O)cc2)C3)cc(OCC)c1-c1ccc(OC(F)(F)F)cc1. The third-order valence-electron chi connectivity index (χ3n) is 8.17. The second-order valence-corrected chi connectivity index (χ2v) is 11.2. The number of aromatic carboxylic acids is 1. The number of carbonyl (C=O) groups excluding carboxylic acids is 1. The Morgan fingerprint density at radius 3 is 2.05 bits per heavy atom. The summed E-state index contributed by atoms with van der Waals surface area (Å²) in [6, 6.07) is 16.0. The molecule has 8 nitrogen and oxygen atoms in total. The number of ether oxygens (including phenoxy) is 3. The molecule has 0 unspecified atom stereocenters. The molecule has 0 aromatic heterocycles. The van der Waals surface area contributed by atoms with Crippen molar-refractivity contribution < 1.29 is 42.1 Å². The maximum absolute atomic E-state index is 13.0. The highest BCUT2D eigenvalue weighted by Gasteiger charge is 2.45. The Balaban J connectivity index is 1.29. The molecule has 0 radical (unpaired) electrons. The lowest BCUT2D eigenvalue weighted by Gasteiger charge is -2.39. The van der Waals surface area contributed by atoms with Gasteiger partial charge in [0.25, 0.3) is 0 Å². The van der Waals surface area contributed by atoms with Gasteiger partial charge in [0.1, 0.15) is 17.2 Å². The van der Waals surface area contributed by atoms with Crippen molar-refractivity contribution in [3.63, 3.8) is 0 Å². The van der Waals surface area contributed by atoms with E-state index in [9.17, 15) is 27.9 Å². The van der Waals surface area contributed by atoms with Crippen LogP contribution in [0.5, 0.6) is 17.2 Å². The fraction of sp³-hybridized carbons (Fsp3) is 0.394. The topological polar surface area (TPSA) is 88.5 Å². The van der Waals surface area contributed by atoms with Crippen LogP contribution in [-0.4, -0.2) is 61.1 Å². The van der Waals surface area contributed by atoms with Gasteiger partial charge in [0.05, 0.1) is 24.3 Å². The van der Waals surface area contributed by atoms with E-state index in [1.165, 1.54) is 24.3 Å². The number of piperidine rings is 1. The Morgan fingerprint density at radius 1 is 0.932 bits per heavy atom. The second-order valence-electron chi connectivity index (χ2n) is 11.2. The number of amides is 1. The van der Waals surface area contributed by atoms with E-state index in [2.05, 4.69) is 9.64 Å². The number of rotatable bonds is 10. The molecule has 0 bridgehead atoms. The molecule has 0 saturated carbocycles. The normalized spacial score (nSPS) is 16.8. The molecule has 2 heterocycles. The third kappa shape index (κ3) is 7.10. The van der Waals surface area contributed by atoms with Gasteiger partial charge < -0.3 is 24.2 Å². The number of hydrogen-bond acceptors (Lipinski definition) is 6. The van der Waals surface area contributed by atoms with E-state index in [4.69, 9.17) is 9.47 Å². The molecule has 0 atom stereocenters. The molecular formula is C33H35F3N2O6. The van der Waals surface area contributed by atoms with Crippen molar-refractivity contribution in [1.82, 2.24) is 4.90 Å². The molecular weight excluding hydrogens is 577 g/mol. The maximum atomic E-state index is 13.0. The highest BCUT2D eigenvalue weighted by atomic mass is 19.4. The smallest absolute Gasteiger partial charge is 0.493 e. The van der Waals surface area contributed by atoms with Gasteiger partial charge in [-0.1, -0.05) is 12.1 Å². The molecule has 3 aromatic rings. The van der Waals surface area contributed by atoms with Crippen LogP contribution in [0.2, 0.25) is 0 Å². The van der Waals surface area contributed by atoms with E-state index >= 15 is 0 Å². The summed E-state index contributed by atoms with van der Waals surface area (Å²) in [5.41, 5.74) is 3.06. The zero-order valence-corrected chi connectivity index (χ0v) is 24.7. The van der Waals surface area contributed by atoms with Crippen molar-refractivity contribution in [1.29, 1.82) is 0 Å². The molecule has 2 fully saturated rings. The van der Waals surface area contributed by atoms with Crippen molar-refractivity contribution in [3.8, 4) is 28.4 Å². The van der Waals surface area contributed by atoms with E-state index in [1.54, 1.807) is 29.2 Å². The number of halogens is 3. The van der Waals surface area contributed by atoms with Gasteiger partial charge in [0.15, 0.2) is 0 Å². The monoisotopic (exact) mass is 612 g/mol. The first kappa shape index (κ1) is 31.2. The summed E-state index contributed by atoms with van der Waals surface area (Å²) >= 11 is 0. The zero-order chi connectivity index (χ0) is 31.5. The van der Waals surface area contributed by atoms with Crippen LogP contribution in [0, 0.1) is 5.41 Å². The fourth-order valence-electron chi connectivity index (χ4n) is 6.08. The molecule has 2 aliphatic heterocycles. The fourth-order valence-corrected chi connectivity index (χ4v) is 6.08. The van der Waals surface area contributed by atoms with Crippen molar-refractivity contribution in [3.05, 3.63) is 71.8 Å². The molecule has 2 saturated heterocycles. The molecule has 11 heteroatoms. The van der Waals surface area contributed by atoms with Crippen LogP contribution in [-0.2, 0) is 11.3 Å². The minimum absolute atomic E-state index is 0.0535. The van der Waals surface area contributed by atoms with Gasteiger partial charge in [-0.3, -0.25) is 9.69 Å². The quantitative estimate of drug-likeness (QED) is 0.271. The van der Waals surface area contributed by atoms with E-state index < -0.39 is 12.3 Å². The van der Waals surface area contributed by atoms with Crippen LogP contribution in [0.1, 0.15) is 49.0 Å². The summed E-state index contributed by atoms with van der Waals surface area (Å²) in [6.07, 6.45) is -2.61. The van der Waals surface area contributed by atoms with E-state index in [1.807, 2.05) is 26.0 Å². The summed E-state index contributed by atoms with van der Waals surface area (Å²) in [4.78, 5) is 28.3. The molecule has 1 spiro atoms. The van der Waals surface area contributed by atoms with E-state index in [0.717, 1.165) is 31.5 Å². The van der Waals surface area contributed by atoms with Crippen molar-refractivity contribution >= 4 is 17.6 Å². The molecule has 44 heavy (non-hydrogen) atoms. The number of carboxylic acid groups (broad SMARTS) is 1. The molecule has 1 amide bonds. The van der Waals surface area contributed by atoms with Gasteiger partial charge in [-0.2, -0.15) is 0 Å². The maximum Gasteiger partial charge on any atom is 0.573 e. The van der Waals surface area contributed by atoms with Gasteiger partial charge in [-0.05, 0) is 105 Å². The van der Waals surface area contributed by atoms with Gasteiger partial charge in [0.2, 0.25) is 5.91 Å². The lowest BCUT2D eigenvalue weighted by Crippen LogP contribution is -2.41. The van der Waals surface area contributed by atoms with Crippen LogP contribution in [0.3, 0.4) is 0 Å². The number of carbonyl (C=O) groups is 2. The highest BCUT2D eigenvalue weighted by molar-refractivity contribution is 5.97. The summed E-state index contributed by atoms with van der Waals surface area (Å²) < 4.78 is 54.0. The van der Waals surface area contributed by atoms with Crippen LogP contribution in [0.4, 0.5) is 18.9 Å². The van der Waals surface area contributed by atoms with E-state index in [0.29, 0.717) is 61.0 Å². The Hall–Kier alpha value is -4.25. The summed E-state index contributed by atoms with van der Waals surface area (Å²) in [5.74, 6) is -0.0921. The van der Waals surface area contributed by atoms with Gasteiger partial charge in [-0.15, -0.1) is 13.2 Å². The standard InChI is InChI=1S/C33H35F3N2O6/c1-3-42-27-17-22(18-28(43-4-2)30(27)23-7-11-26(12-8-23)44-33(34,35)36)20-37-15-13-32(14-16-37)19-29(39)38(21-32)25-9-5-24(6-10-25)31(40)41/h5-12,17-18H,3-4,13-16,19-21H2,1-2H3,(H,40,41). The van der Waals surface area contributed by atoms with Crippen LogP contribution < -0.4 is 19.1 Å².